The van der Waals surface area contributed by atoms with Crippen LogP contribution >= 0.6 is 0 Å². The zero-order chi connectivity index (χ0) is 15.7. The highest BCUT2D eigenvalue weighted by Crippen LogP contribution is 2.33. The van der Waals surface area contributed by atoms with E-state index in [1.165, 1.54) is 5.41 Å². The van der Waals surface area contributed by atoms with Crippen LogP contribution in [0.4, 0.5) is 0 Å². The molecule has 0 aliphatic rings. The zero-order valence-electron chi connectivity index (χ0n) is 12.3. The molecule has 22 heavy (non-hydrogen) atoms. The molecule has 0 aliphatic heterocycles. The average Bonchev–Trinajstić information content (AvgIpc) is 2.57. The lowest BCUT2D eigenvalue weighted by Crippen LogP contribution is -1.95. The van der Waals surface area contributed by atoms with Crippen molar-refractivity contribution < 1.29 is 13.7 Å². The maximum atomic E-state index is 12.5. The largest absolute Gasteiger partial charge is 0.497 e. The van der Waals surface area contributed by atoms with E-state index in [1.807, 2.05) is 36.4 Å². The van der Waals surface area contributed by atoms with E-state index in [4.69, 9.17) is 9.47 Å². The minimum Gasteiger partial charge on any atom is -0.497 e. The Bertz CT molecular complexity index is 843. The van der Waals surface area contributed by atoms with Gasteiger partial charge >= 0.3 is 0 Å². The molecule has 0 bridgehead atoms. The zero-order valence-corrected chi connectivity index (χ0v) is 13.1. The van der Waals surface area contributed by atoms with E-state index in [-0.39, 0.29) is 0 Å². The molecule has 0 radical (unpaired) electrons. The van der Waals surface area contributed by atoms with Crippen molar-refractivity contribution in [3.05, 3.63) is 48.4 Å². The quantitative estimate of drug-likeness (QED) is 0.690. The highest BCUT2D eigenvalue weighted by Gasteiger charge is 2.14. The van der Waals surface area contributed by atoms with E-state index >= 15 is 0 Å². The molecule has 1 atom stereocenters. The first-order valence-corrected chi connectivity index (χ1v) is 7.88. The van der Waals surface area contributed by atoms with E-state index in [2.05, 4.69) is 11.6 Å². The number of hydrogen-bond acceptors (Lipinski definition) is 4. The number of hydrogen-bond donors (Lipinski definition) is 0. The Morgan fingerprint density at radius 1 is 1.00 bits per heavy atom. The van der Waals surface area contributed by atoms with Gasteiger partial charge in [0.25, 0.3) is 0 Å². The molecule has 0 aliphatic carbocycles. The van der Waals surface area contributed by atoms with Crippen LogP contribution in [0.2, 0.25) is 0 Å². The summed E-state index contributed by atoms with van der Waals surface area (Å²) in [6.45, 7) is 3.65. The summed E-state index contributed by atoms with van der Waals surface area (Å²) in [5.41, 5.74) is 1.53. The molecular weight excluding hydrogens is 298 g/mol. The molecule has 0 spiro atoms. The maximum Gasteiger partial charge on any atom is 0.119 e. The smallest absolute Gasteiger partial charge is 0.119 e. The van der Waals surface area contributed by atoms with Crippen LogP contribution in [-0.2, 0) is 10.8 Å². The fourth-order valence-electron chi connectivity index (χ4n) is 2.42. The van der Waals surface area contributed by atoms with Gasteiger partial charge in [-0.25, -0.2) is 9.19 Å². The molecule has 0 amide bonds. The second kappa shape index (κ2) is 5.77. The van der Waals surface area contributed by atoms with Crippen molar-refractivity contribution in [1.82, 2.24) is 4.98 Å². The summed E-state index contributed by atoms with van der Waals surface area (Å²) in [5.74, 6) is 1.39. The van der Waals surface area contributed by atoms with Crippen LogP contribution in [0, 0.1) is 0 Å². The molecule has 0 N–H and O–H groups in total. The average molecular weight is 313 g/mol. The Morgan fingerprint density at radius 2 is 1.50 bits per heavy atom. The molecule has 2 aromatic carbocycles. The van der Waals surface area contributed by atoms with Crippen LogP contribution in [0.3, 0.4) is 0 Å². The minimum atomic E-state index is -1.35. The van der Waals surface area contributed by atoms with Gasteiger partial charge in [0, 0.05) is 16.2 Å². The number of methoxy groups -OCH3 is 2. The number of benzene rings is 2. The van der Waals surface area contributed by atoms with Crippen molar-refractivity contribution in [2.75, 3.05) is 14.2 Å². The number of nitrogens with zero attached hydrogens (tertiary/aromatic N) is 1. The Balaban J connectivity index is 2.49. The van der Waals surface area contributed by atoms with Crippen molar-refractivity contribution in [3.63, 3.8) is 0 Å². The third-order valence-corrected chi connectivity index (χ3v) is 4.64. The predicted octanol–water partition coefficient (Wildman–Crippen LogP) is 3.66. The molecule has 3 aromatic rings. The van der Waals surface area contributed by atoms with Crippen LogP contribution in [0.15, 0.2) is 53.3 Å². The van der Waals surface area contributed by atoms with Crippen LogP contribution in [-0.4, -0.2) is 23.4 Å². The Labute approximate surface area is 130 Å². The molecule has 1 aromatic heterocycles. The first kappa shape index (κ1) is 14.5. The highest BCUT2D eigenvalue weighted by atomic mass is 32.2. The van der Waals surface area contributed by atoms with Crippen molar-refractivity contribution in [2.24, 2.45) is 0 Å². The van der Waals surface area contributed by atoms with Gasteiger partial charge in [0.2, 0.25) is 0 Å². The molecule has 1 heterocycles. The van der Waals surface area contributed by atoms with Gasteiger partial charge in [0.15, 0.2) is 0 Å². The lowest BCUT2D eigenvalue weighted by atomic mass is 10.1. The number of aromatic nitrogens is 1. The third kappa shape index (κ3) is 2.33. The van der Waals surface area contributed by atoms with Crippen molar-refractivity contribution in [1.29, 1.82) is 0 Å². The number of rotatable bonds is 4. The van der Waals surface area contributed by atoms with Gasteiger partial charge in [-0.2, -0.15) is 0 Å². The predicted molar refractivity (Wildman–Crippen MR) is 89.0 cm³/mol. The van der Waals surface area contributed by atoms with E-state index in [0.29, 0.717) is 16.4 Å². The second-order valence-corrected chi connectivity index (χ2v) is 6.01. The Kier molecular flexibility index (Phi) is 3.81. The van der Waals surface area contributed by atoms with Crippen LogP contribution < -0.4 is 9.47 Å². The standard InChI is InChI=1S/C17H15NO3S/c1-4-22(19)17-13-9-11(20-2)5-7-15(13)18-16-8-6-12(21-3)10-14(16)17/h4-10H,1H2,2-3H3. The normalized spacial score (nSPS) is 12.3. The first-order chi connectivity index (χ1) is 10.7. The van der Waals surface area contributed by atoms with Crippen molar-refractivity contribution in [2.45, 2.75) is 4.90 Å². The molecule has 112 valence electrons. The molecular formula is C17H15NO3S. The summed E-state index contributed by atoms with van der Waals surface area (Å²) in [5, 5.41) is 3.00. The second-order valence-electron chi connectivity index (χ2n) is 4.67. The number of pyridine rings is 1. The van der Waals surface area contributed by atoms with E-state index in [9.17, 15) is 4.21 Å². The number of ether oxygens (including phenoxy) is 2. The summed E-state index contributed by atoms with van der Waals surface area (Å²) < 4.78 is 23.1. The molecule has 3 rings (SSSR count). The summed E-state index contributed by atoms with van der Waals surface area (Å²) in [4.78, 5) is 5.30. The van der Waals surface area contributed by atoms with Gasteiger partial charge < -0.3 is 9.47 Å². The monoisotopic (exact) mass is 313 g/mol. The van der Waals surface area contributed by atoms with Gasteiger partial charge in [-0.1, -0.05) is 6.58 Å². The van der Waals surface area contributed by atoms with Gasteiger partial charge in [0.1, 0.15) is 11.5 Å². The SMILES string of the molecule is C=CS(=O)c1c2cc(OC)ccc2nc2ccc(OC)cc12. The van der Waals surface area contributed by atoms with Crippen LogP contribution in [0.1, 0.15) is 0 Å². The highest BCUT2D eigenvalue weighted by molar-refractivity contribution is 7.88. The fraction of sp³-hybridized carbons (Fsp3) is 0.118. The summed E-state index contributed by atoms with van der Waals surface area (Å²) >= 11 is 0. The van der Waals surface area contributed by atoms with E-state index < -0.39 is 10.8 Å². The van der Waals surface area contributed by atoms with Gasteiger partial charge in [-0.05, 0) is 36.4 Å². The third-order valence-electron chi connectivity index (χ3n) is 3.49. The van der Waals surface area contributed by atoms with Crippen molar-refractivity contribution >= 4 is 32.6 Å². The number of fused-ring (bicyclic) bond motifs is 2. The Hall–Kier alpha value is -2.40. The van der Waals surface area contributed by atoms with Gasteiger partial charge in [0.05, 0.1) is 40.9 Å². The first-order valence-electron chi connectivity index (χ1n) is 6.66. The molecule has 0 fully saturated rings. The lowest BCUT2D eigenvalue weighted by molar-refractivity contribution is 0.415. The van der Waals surface area contributed by atoms with Crippen LogP contribution in [0.5, 0.6) is 11.5 Å². The van der Waals surface area contributed by atoms with Gasteiger partial charge in [-0.15, -0.1) is 0 Å². The summed E-state index contributed by atoms with van der Waals surface area (Å²) in [6, 6.07) is 11.1. The minimum absolute atomic E-state index is 0.674. The summed E-state index contributed by atoms with van der Waals surface area (Å²) in [7, 11) is 1.85. The molecule has 4 nitrogen and oxygen atoms in total. The summed E-state index contributed by atoms with van der Waals surface area (Å²) in [6.07, 6.45) is 0. The maximum absolute atomic E-state index is 12.5. The molecule has 1 unspecified atom stereocenters. The fourth-order valence-corrected chi connectivity index (χ4v) is 3.35. The van der Waals surface area contributed by atoms with E-state index in [0.717, 1.165) is 21.8 Å². The topological polar surface area (TPSA) is 48.4 Å². The van der Waals surface area contributed by atoms with Gasteiger partial charge in [-0.3, -0.25) is 0 Å². The van der Waals surface area contributed by atoms with E-state index in [1.54, 1.807) is 14.2 Å². The molecule has 5 heteroatoms. The van der Waals surface area contributed by atoms with Crippen LogP contribution in [0.25, 0.3) is 21.8 Å². The lowest BCUT2D eigenvalue weighted by Gasteiger charge is -2.11. The van der Waals surface area contributed by atoms with Crippen molar-refractivity contribution in [3.8, 4) is 11.5 Å². The molecule has 0 saturated carbocycles. The molecule has 0 saturated heterocycles. The Morgan fingerprint density at radius 3 is 1.91 bits per heavy atom.